The topological polar surface area (TPSA) is 114 Å². The Hall–Kier alpha value is -4.67. The molecule has 5 rings (SSSR count). The van der Waals surface area contributed by atoms with Gasteiger partial charge in [0.1, 0.15) is 11.5 Å². The summed E-state index contributed by atoms with van der Waals surface area (Å²) in [5, 5.41) is 2.87. The number of ether oxygens (including phenoxy) is 2. The Morgan fingerprint density at radius 3 is 2.26 bits per heavy atom. The predicted molar refractivity (Wildman–Crippen MR) is 159 cm³/mol. The molecule has 1 aliphatic rings. The minimum atomic E-state index is -3.78. The van der Waals surface area contributed by atoms with Gasteiger partial charge in [0, 0.05) is 12.6 Å². The number of hydrogen-bond donors (Lipinski definition) is 2. The zero-order valence-corrected chi connectivity index (χ0v) is 23.8. The van der Waals surface area contributed by atoms with E-state index in [-0.39, 0.29) is 29.9 Å². The summed E-state index contributed by atoms with van der Waals surface area (Å²) < 4.78 is 40.0. The van der Waals surface area contributed by atoms with E-state index in [4.69, 9.17) is 9.47 Å². The van der Waals surface area contributed by atoms with Crippen LogP contribution in [0.5, 0.6) is 11.5 Å². The molecule has 0 radical (unpaired) electrons. The average Bonchev–Trinajstić information content (AvgIpc) is 3.02. The molecule has 2 amide bonds. The molecule has 0 aromatic heterocycles. The number of nitrogens with one attached hydrogen (secondary N) is 2. The van der Waals surface area contributed by atoms with Crippen molar-refractivity contribution in [3.63, 3.8) is 0 Å². The number of carbonyl (C=O) groups excluding carboxylic acids is 2. The molecule has 2 N–H and O–H groups in total. The molecule has 1 heterocycles. The van der Waals surface area contributed by atoms with Gasteiger partial charge in [-0.2, -0.15) is 0 Å². The molecule has 0 saturated carbocycles. The van der Waals surface area contributed by atoms with Gasteiger partial charge in [-0.3, -0.25) is 9.59 Å². The first-order chi connectivity index (χ1) is 20.3. The number of hydrogen-bond acceptors (Lipinski definition) is 6. The largest absolute Gasteiger partial charge is 0.484 e. The second kappa shape index (κ2) is 12.9. The molecule has 216 valence electrons. The molecule has 0 saturated heterocycles. The molecule has 9 nitrogen and oxygen atoms in total. The summed E-state index contributed by atoms with van der Waals surface area (Å²) in [5.74, 6) is 0.0431. The predicted octanol–water partition coefficient (Wildman–Crippen LogP) is 4.22. The molecule has 10 heteroatoms. The highest BCUT2D eigenvalue weighted by Crippen LogP contribution is 2.33. The van der Waals surface area contributed by atoms with Gasteiger partial charge < -0.3 is 19.7 Å². The van der Waals surface area contributed by atoms with E-state index in [9.17, 15) is 18.0 Å². The van der Waals surface area contributed by atoms with E-state index in [0.717, 1.165) is 11.1 Å². The lowest BCUT2D eigenvalue weighted by Crippen LogP contribution is -2.51. The van der Waals surface area contributed by atoms with Gasteiger partial charge in [0.25, 0.3) is 11.8 Å². The molecule has 0 aliphatic carbocycles. The van der Waals surface area contributed by atoms with Crippen LogP contribution in [-0.2, 0) is 26.2 Å². The lowest BCUT2D eigenvalue weighted by atomic mass is 10.1. The normalized spacial score (nSPS) is 15.2. The first-order valence-electron chi connectivity index (χ1n) is 13.5. The van der Waals surface area contributed by atoms with Crippen molar-refractivity contribution < 1.29 is 27.5 Å². The Kier molecular flexibility index (Phi) is 8.85. The number of carbonyl (C=O) groups is 2. The van der Waals surface area contributed by atoms with Crippen molar-refractivity contribution in [2.45, 2.75) is 30.5 Å². The SMILES string of the molecule is C[C@@H](NS(=O)(=O)c1ccc(OCC(=O)N2C[C@@H](C(=O)NCc3ccccc3)Oc3ccccc32)cc1)c1ccccc1. The van der Waals surface area contributed by atoms with Crippen molar-refractivity contribution in [2.75, 3.05) is 18.1 Å². The maximum absolute atomic E-state index is 13.3. The summed E-state index contributed by atoms with van der Waals surface area (Å²) in [5.41, 5.74) is 2.34. The van der Waals surface area contributed by atoms with Gasteiger partial charge in [0.05, 0.1) is 17.1 Å². The van der Waals surface area contributed by atoms with E-state index < -0.39 is 22.2 Å². The van der Waals surface area contributed by atoms with Crippen LogP contribution in [0.15, 0.2) is 114 Å². The van der Waals surface area contributed by atoms with Crippen LogP contribution < -0.4 is 24.4 Å². The lowest BCUT2D eigenvalue weighted by molar-refractivity contribution is -0.128. The Labute approximate surface area is 245 Å². The highest BCUT2D eigenvalue weighted by atomic mass is 32.2. The summed E-state index contributed by atoms with van der Waals surface area (Å²) in [6.07, 6.45) is -0.900. The molecular weight excluding hydrogens is 554 g/mol. The third-order valence-corrected chi connectivity index (χ3v) is 8.36. The monoisotopic (exact) mass is 585 g/mol. The van der Waals surface area contributed by atoms with Crippen LogP contribution in [0.2, 0.25) is 0 Å². The summed E-state index contributed by atoms with van der Waals surface area (Å²) in [6.45, 7) is 1.81. The first kappa shape index (κ1) is 28.8. The van der Waals surface area contributed by atoms with Crippen LogP contribution in [-0.4, -0.2) is 39.5 Å². The minimum Gasteiger partial charge on any atom is -0.484 e. The quantitative estimate of drug-likeness (QED) is 0.288. The van der Waals surface area contributed by atoms with E-state index in [2.05, 4.69) is 10.0 Å². The molecule has 1 aliphatic heterocycles. The van der Waals surface area contributed by atoms with Gasteiger partial charge in [-0.05, 0) is 54.4 Å². The van der Waals surface area contributed by atoms with Crippen molar-refractivity contribution in [3.8, 4) is 11.5 Å². The zero-order valence-electron chi connectivity index (χ0n) is 23.0. The first-order valence-corrected chi connectivity index (χ1v) is 15.0. The van der Waals surface area contributed by atoms with Crippen LogP contribution >= 0.6 is 0 Å². The standard InChI is InChI=1S/C32H31N3O6S/c1-23(25-12-6-3-7-13-25)34-42(38,39)27-18-16-26(17-19-27)40-22-31(36)35-21-30(41-29-15-9-8-14-28(29)35)32(37)33-20-24-10-4-2-5-11-24/h2-19,23,30,34H,20-22H2,1H3,(H,33,37)/t23-,30+/m1/s1. The molecule has 2 atom stereocenters. The lowest BCUT2D eigenvalue weighted by Gasteiger charge is -2.34. The summed E-state index contributed by atoms with van der Waals surface area (Å²) in [6, 6.07) is 31.2. The maximum atomic E-state index is 13.3. The van der Waals surface area contributed by atoms with Crippen LogP contribution in [0.3, 0.4) is 0 Å². The number of amides is 2. The fourth-order valence-corrected chi connectivity index (χ4v) is 5.79. The third kappa shape index (κ3) is 6.96. The maximum Gasteiger partial charge on any atom is 0.265 e. The van der Waals surface area contributed by atoms with E-state index in [1.165, 1.54) is 29.2 Å². The average molecular weight is 586 g/mol. The number of benzene rings is 4. The smallest absolute Gasteiger partial charge is 0.265 e. The van der Waals surface area contributed by atoms with Gasteiger partial charge in [-0.25, -0.2) is 13.1 Å². The molecule has 42 heavy (non-hydrogen) atoms. The van der Waals surface area contributed by atoms with Crippen molar-refractivity contribution in [2.24, 2.45) is 0 Å². The minimum absolute atomic E-state index is 0.0162. The highest BCUT2D eigenvalue weighted by Gasteiger charge is 2.34. The van der Waals surface area contributed by atoms with Gasteiger partial charge in [-0.1, -0.05) is 72.8 Å². The van der Waals surface area contributed by atoms with E-state index in [1.54, 1.807) is 31.2 Å². The Balaban J connectivity index is 1.20. The molecule has 0 fully saturated rings. The van der Waals surface area contributed by atoms with Gasteiger partial charge >= 0.3 is 0 Å². The number of anilines is 1. The van der Waals surface area contributed by atoms with E-state index in [0.29, 0.717) is 23.7 Å². The number of fused-ring (bicyclic) bond motifs is 1. The zero-order chi connectivity index (χ0) is 29.5. The number of nitrogens with zero attached hydrogens (tertiary/aromatic N) is 1. The van der Waals surface area contributed by atoms with Crippen molar-refractivity contribution >= 4 is 27.5 Å². The fraction of sp³-hybridized carbons (Fsp3) is 0.188. The number of sulfonamides is 1. The molecule has 0 unspecified atom stereocenters. The summed E-state index contributed by atoms with van der Waals surface area (Å²) in [7, 11) is -3.78. The van der Waals surface area contributed by atoms with Gasteiger partial charge in [0.2, 0.25) is 10.0 Å². The molecule has 0 bridgehead atoms. The summed E-state index contributed by atoms with van der Waals surface area (Å²) >= 11 is 0. The van der Waals surface area contributed by atoms with E-state index in [1.807, 2.05) is 60.7 Å². The summed E-state index contributed by atoms with van der Waals surface area (Å²) in [4.78, 5) is 27.8. The molecule has 0 spiro atoms. The van der Waals surface area contributed by atoms with Crippen molar-refractivity contribution in [1.82, 2.24) is 10.0 Å². The van der Waals surface area contributed by atoms with Gasteiger partial charge in [-0.15, -0.1) is 0 Å². The Bertz CT molecular complexity index is 1630. The van der Waals surface area contributed by atoms with E-state index >= 15 is 0 Å². The van der Waals surface area contributed by atoms with Crippen molar-refractivity contribution in [3.05, 3.63) is 120 Å². The second-order valence-electron chi connectivity index (χ2n) is 9.80. The van der Waals surface area contributed by atoms with Crippen LogP contribution in [0, 0.1) is 0 Å². The fourth-order valence-electron chi connectivity index (χ4n) is 4.55. The van der Waals surface area contributed by atoms with Gasteiger partial charge in [0.15, 0.2) is 12.7 Å². The van der Waals surface area contributed by atoms with Crippen molar-refractivity contribution in [1.29, 1.82) is 0 Å². The number of rotatable bonds is 10. The Morgan fingerprint density at radius 1 is 0.905 bits per heavy atom. The molecule has 4 aromatic rings. The van der Waals surface area contributed by atoms with Crippen LogP contribution in [0.1, 0.15) is 24.1 Å². The van der Waals surface area contributed by atoms with Crippen LogP contribution in [0.25, 0.3) is 0 Å². The third-order valence-electron chi connectivity index (χ3n) is 6.80. The highest BCUT2D eigenvalue weighted by molar-refractivity contribution is 7.89. The number of para-hydroxylation sites is 2. The molecular formula is C32H31N3O6S. The second-order valence-corrected chi connectivity index (χ2v) is 11.5. The Morgan fingerprint density at radius 2 is 1.55 bits per heavy atom. The van der Waals surface area contributed by atoms with Crippen LogP contribution in [0.4, 0.5) is 5.69 Å². The molecule has 4 aromatic carbocycles.